The summed E-state index contributed by atoms with van der Waals surface area (Å²) in [5, 5.41) is -0.242. The highest BCUT2D eigenvalue weighted by atomic mass is 35.5. The Bertz CT molecular complexity index is 549. The van der Waals surface area contributed by atoms with E-state index in [1.54, 1.807) is 0 Å². The Morgan fingerprint density at radius 3 is 2.62 bits per heavy atom. The molecule has 1 aromatic heterocycles. The Kier molecular flexibility index (Phi) is 2.75. The molecule has 0 spiro atoms. The van der Waals surface area contributed by atoms with Gasteiger partial charge in [-0.3, -0.25) is 4.79 Å². The molecule has 82 valence electrons. The third-order valence-corrected chi connectivity index (χ3v) is 2.39. The molecule has 0 aliphatic rings. The summed E-state index contributed by atoms with van der Waals surface area (Å²) in [6, 6.07) is 4.53. The minimum absolute atomic E-state index is 0.0655. The fourth-order valence-corrected chi connectivity index (χ4v) is 1.50. The molecule has 16 heavy (non-hydrogen) atoms. The average molecular weight is 243 g/mol. The van der Waals surface area contributed by atoms with Gasteiger partial charge in [-0.2, -0.15) is 0 Å². The van der Waals surface area contributed by atoms with Crippen LogP contribution in [0.2, 0.25) is 5.02 Å². The monoisotopic (exact) mass is 242 g/mol. The maximum Gasteiger partial charge on any atom is 0.185 e. The van der Waals surface area contributed by atoms with E-state index in [0.29, 0.717) is 12.4 Å². The second-order valence-corrected chi connectivity index (χ2v) is 3.45. The lowest BCUT2D eigenvalue weighted by atomic mass is 10.1. The predicted octanol–water partition coefficient (Wildman–Crippen LogP) is 3.69. The van der Waals surface area contributed by atoms with Gasteiger partial charge in [-0.1, -0.05) is 11.6 Å². The fraction of sp³-hybridized carbons (Fsp3) is 0. The first kappa shape index (κ1) is 10.8. The number of carbonyl (C=O) groups excluding carboxylic acids is 1. The lowest BCUT2D eigenvalue weighted by molar-refractivity contribution is 0.110. The molecule has 2 aromatic rings. The van der Waals surface area contributed by atoms with Crippen LogP contribution >= 0.6 is 11.6 Å². The van der Waals surface area contributed by atoms with Gasteiger partial charge in [0.05, 0.1) is 5.02 Å². The molecule has 0 N–H and O–H groups in total. The largest absolute Gasteiger partial charge is 0.453 e. The quantitative estimate of drug-likeness (QED) is 0.594. The summed E-state index contributed by atoms with van der Waals surface area (Å²) < 4.78 is 31.1. The number of halogens is 3. The van der Waals surface area contributed by atoms with Gasteiger partial charge < -0.3 is 4.42 Å². The molecule has 0 bridgehead atoms. The van der Waals surface area contributed by atoms with Crippen LogP contribution in [0.4, 0.5) is 8.78 Å². The summed E-state index contributed by atoms with van der Waals surface area (Å²) in [7, 11) is 0. The molecule has 0 aliphatic heterocycles. The molecule has 0 radical (unpaired) electrons. The molecule has 0 amide bonds. The minimum Gasteiger partial charge on any atom is -0.453 e. The second kappa shape index (κ2) is 4.06. The third-order valence-electron chi connectivity index (χ3n) is 2.00. The fourth-order valence-electron chi connectivity index (χ4n) is 1.30. The molecular weight excluding hydrogens is 238 g/mol. The summed E-state index contributed by atoms with van der Waals surface area (Å²) in [5.41, 5.74) is 0.0762. The van der Waals surface area contributed by atoms with Crippen molar-refractivity contribution in [1.29, 1.82) is 0 Å². The van der Waals surface area contributed by atoms with Crippen LogP contribution in [0, 0.1) is 11.6 Å². The average Bonchev–Trinajstić information content (AvgIpc) is 2.71. The van der Waals surface area contributed by atoms with E-state index in [1.165, 1.54) is 12.1 Å². The standard InChI is InChI=1S/C11H5ClF2O2/c12-11-8(3-6(13)4-9(11)14)10-2-1-7(5-15)16-10/h1-5H. The lowest BCUT2D eigenvalue weighted by Crippen LogP contribution is -1.86. The van der Waals surface area contributed by atoms with E-state index in [4.69, 9.17) is 16.0 Å². The zero-order valence-electron chi connectivity index (χ0n) is 7.84. The Labute approximate surface area is 94.4 Å². The van der Waals surface area contributed by atoms with E-state index in [9.17, 15) is 13.6 Å². The van der Waals surface area contributed by atoms with Gasteiger partial charge in [-0.25, -0.2) is 8.78 Å². The van der Waals surface area contributed by atoms with Crippen molar-refractivity contribution in [3.63, 3.8) is 0 Å². The maximum atomic E-state index is 13.1. The highest BCUT2D eigenvalue weighted by molar-refractivity contribution is 6.33. The second-order valence-electron chi connectivity index (χ2n) is 3.07. The molecule has 0 saturated carbocycles. The molecule has 5 heteroatoms. The Hall–Kier alpha value is -1.68. The minimum atomic E-state index is -0.874. The van der Waals surface area contributed by atoms with Gasteiger partial charge in [0.15, 0.2) is 12.0 Å². The van der Waals surface area contributed by atoms with Gasteiger partial charge in [0.1, 0.15) is 17.4 Å². The van der Waals surface area contributed by atoms with Crippen molar-refractivity contribution in [2.24, 2.45) is 0 Å². The molecular formula is C11H5ClF2O2. The summed E-state index contributed by atoms with van der Waals surface area (Å²) >= 11 is 5.66. The van der Waals surface area contributed by atoms with Crippen LogP contribution in [-0.2, 0) is 0 Å². The summed E-state index contributed by atoms with van der Waals surface area (Å²) in [6.07, 6.45) is 0.493. The normalized spacial score (nSPS) is 10.4. The zero-order chi connectivity index (χ0) is 11.7. The summed E-state index contributed by atoms with van der Waals surface area (Å²) in [5.74, 6) is -1.43. The van der Waals surface area contributed by atoms with E-state index >= 15 is 0 Å². The molecule has 1 aromatic carbocycles. The highest BCUT2D eigenvalue weighted by Crippen LogP contribution is 2.31. The van der Waals surface area contributed by atoms with Crippen LogP contribution in [0.25, 0.3) is 11.3 Å². The smallest absolute Gasteiger partial charge is 0.185 e. The molecule has 0 fully saturated rings. The van der Waals surface area contributed by atoms with Gasteiger partial charge >= 0.3 is 0 Å². The van der Waals surface area contributed by atoms with E-state index in [0.717, 1.165) is 6.07 Å². The Balaban J connectivity index is 2.58. The number of furan rings is 1. The van der Waals surface area contributed by atoms with Crippen molar-refractivity contribution in [2.45, 2.75) is 0 Å². The lowest BCUT2D eigenvalue weighted by Gasteiger charge is -2.02. The van der Waals surface area contributed by atoms with Crippen molar-refractivity contribution in [3.05, 3.63) is 46.7 Å². The van der Waals surface area contributed by atoms with Gasteiger partial charge in [0, 0.05) is 11.6 Å². The Morgan fingerprint density at radius 2 is 2.00 bits per heavy atom. The van der Waals surface area contributed by atoms with Crippen LogP contribution in [0.1, 0.15) is 10.6 Å². The first-order chi connectivity index (χ1) is 7.61. The Morgan fingerprint density at radius 1 is 1.25 bits per heavy atom. The third kappa shape index (κ3) is 1.84. The van der Waals surface area contributed by atoms with Crippen LogP contribution in [-0.4, -0.2) is 6.29 Å². The SMILES string of the molecule is O=Cc1ccc(-c2cc(F)cc(F)c2Cl)o1. The molecule has 2 rings (SSSR count). The molecule has 0 saturated heterocycles. The number of carbonyl (C=O) groups is 1. The van der Waals surface area contributed by atoms with Gasteiger partial charge in [0.2, 0.25) is 0 Å². The molecule has 2 nitrogen and oxygen atoms in total. The number of hydrogen-bond donors (Lipinski definition) is 0. The molecule has 0 atom stereocenters. The highest BCUT2D eigenvalue weighted by Gasteiger charge is 2.14. The van der Waals surface area contributed by atoms with E-state index in [1.807, 2.05) is 0 Å². The maximum absolute atomic E-state index is 13.1. The predicted molar refractivity (Wildman–Crippen MR) is 54.5 cm³/mol. The summed E-state index contributed by atoms with van der Waals surface area (Å²) in [4.78, 5) is 10.4. The number of aldehydes is 1. The van der Waals surface area contributed by atoms with Crippen molar-refractivity contribution >= 4 is 17.9 Å². The number of hydrogen-bond acceptors (Lipinski definition) is 2. The van der Waals surface area contributed by atoms with E-state index in [2.05, 4.69) is 0 Å². The van der Waals surface area contributed by atoms with Crippen molar-refractivity contribution in [1.82, 2.24) is 0 Å². The number of rotatable bonds is 2. The van der Waals surface area contributed by atoms with Crippen LogP contribution in [0.3, 0.4) is 0 Å². The van der Waals surface area contributed by atoms with E-state index in [-0.39, 0.29) is 22.1 Å². The summed E-state index contributed by atoms with van der Waals surface area (Å²) in [6.45, 7) is 0. The van der Waals surface area contributed by atoms with Gasteiger partial charge in [0.25, 0.3) is 0 Å². The molecule has 0 aliphatic carbocycles. The van der Waals surface area contributed by atoms with Crippen molar-refractivity contribution in [3.8, 4) is 11.3 Å². The molecule has 1 heterocycles. The first-order valence-corrected chi connectivity index (χ1v) is 4.69. The van der Waals surface area contributed by atoms with Crippen LogP contribution < -0.4 is 0 Å². The van der Waals surface area contributed by atoms with E-state index < -0.39 is 11.6 Å². The number of benzene rings is 1. The van der Waals surface area contributed by atoms with Crippen molar-refractivity contribution < 1.29 is 18.0 Å². The zero-order valence-corrected chi connectivity index (χ0v) is 8.59. The van der Waals surface area contributed by atoms with Crippen LogP contribution in [0.5, 0.6) is 0 Å². The molecule has 0 unspecified atom stereocenters. The van der Waals surface area contributed by atoms with Gasteiger partial charge in [-0.15, -0.1) is 0 Å². The first-order valence-electron chi connectivity index (χ1n) is 4.31. The topological polar surface area (TPSA) is 30.2 Å². The van der Waals surface area contributed by atoms with Crippen LogP contribution in [0.15, 0.2) is 28.7 Å². The van der Waals surface area contributed by atoms with Gasteiger partial charge in [-0.05, 0) is 18.2 Å². The van der Waals surface area contributed by atoms with Crippen molar-refractivity contribution in [2.75, 3.05) is 0 Å².